The van der Waals surface area contributed by atoms with Crippen LogP contribution in [0.4, 0.5) is 5.69 Å². The molecule has 1 N–H and O–H groups in total. The Morgan fingerprint density at radius 3 is 2.14 bits per heavy atom. The first kappa shape index (κ1) is 22.0. The standard InChI is InChI=1S/C22H30N2O3S/c1-7-21(19-11-8-15(2)9-12-19)23-22(25)18(5)24(28(6,26)27)20-13-10-16(3)17(4)14-20/h8-14,18,21H,7H2,1-6H3,(H,23,25)/t18-,21-/m0/s1. The molecular weight excluding hydrogens is 372 g/mol. The van der Waals surface area contributed by atoms with Gasteiger partial charge in [-0.1, -0.05) is 42.8 Å². The van der Waals surface area contributed by atoms with Gasteiger partial charge in [0.1, 0.15) is 6.04 Å². The van der Waals surface area contributed by atoms with Gasteiger partial charge in [0.05, 0.1) is 18.0 Å². The van der Waals surface area contributed by atoms with Crippen molar-refractivity contribution >= 4 is 21.6 Å². The number of hydrogen-bond acceptors (Lipinski definition) is 3. The second kappa shape index (κ2) is 8.78. The molecule has 0 unspecified atom stereocenters. The van der Waals surface area contributed by atoms with Gasteiger partial charge >= 0.3 is 0 Å². The number of aryl methyl sites for hydroxylation is 3. The van der Waals surface area contributed by atoms with Crippen LogP contribution in [0, 0.1) is 20.8 Å². The minimum absolute atomic E-state index is 0.170. The van der Waals surface area contributed by atoms with Gasteiger partial charge in [0, 0.05) is 0 Å². The number of anilines is 1. The Labute approximate surface area is 168 Å². The molecule has 0 aliphatic heterocycles. The zero-order valence-electron chi connectivity index (χ0n) is 17.5. The van der Waals surface area contributed by atoms with E-state index in [2.05, 4.69) is 5.32 Å². The summed E-state index contributed by atoms with van der Waals surface area (Å²) in [4.78, 5) is 12.9. The summed E-state index contributed by atoms with van der Waals surface area (Å²) in [7, 11) is -3.63. The fraction of sp³-hybridized carbons (Fsp3) is 0.409. The van der Waals surface area contributed by atoms with Crippen LogP contribution in [-0.2, 0) is 14.8 Å². The third-order valence-corrected chi connectivity index (χ3v) is 6.28. The molecule has 2 aromatic rings. The molecule has 0 radical (unpaired) electrons. The van der Waals surface area contributed by atoms with Crippen molar-refractivity contribution in [2.45, 2.75) is 53.1 Å². The molecule has 0 aliphatic rings. The highest BCUT2D eigenvalue weighted by Crippen LogP contribution is 2.25. The summed E-state index contributed by atoms with van der Waals surface area (Å²) in [6.07, 6.45) is 1.84. The molecule has 0 bridgehead atoms. The van der Waals surface area contributed by atoms with E-state index in [4.69, 9.17) is 0 Å². The van der Waals surface area contributed by atoms with E-state index in [0.29, 0.717) is 12.1 Å². The number of amides is 1. The lowest BCUT2D eigenvalue weighted by Crippen LogP contribution is -2.48. The predicted molar refractivity (Wildman–Crippen MR) is 115 cm³/mol. The van der Waals surface area contributed by atoms with Gasteiger partial charge in [-0.25, -0.2) is 8.42 Å². The maximum atomic E-state index is 12.9. The molecule has 2 atom stereocenters. The maximum Gasteiger partial charge on any atom is 0.244 e. The Bertz CT molecular complexity index is 937. The van der Waals surface area contributed by atoms with Crippen molar-refractivity contribution in [1.82, 2.24) is 5.32 Å². The first-order valence-corrected chi connectivity index (χ1v) is 11.3. The fourth-order valence-electron chi connectivity index (χ4n) is 3.18. The molecule has 0 aliphatic carbocycles. The number of sulfonamides is 1. The first-order chi connectivity index (χ1) is 13.0. The molecule has 0 saturated carbocycles. The molecular formula is C22H30N2O3S. The van der Waals surface area contributed by atoms with Crippen molar-refractivity contribution in [1.29, 1.82) is 0 Å². The zero-order valence-corrected chi connectivity index (χ0v) is 18.3. The third kappa shape index (κ3) is 5.13. The van der Waals surface area contributed by atoms with Gasteiger partial charge in [0.25, 0.3) is 0 Å². The van der Waals surface area contributed by atoms with Gasteiger partial charge < -0.3 is 5.32 Å². The smallest absolute Gasteiger partial charge is 0.244 e. The van der Waals surface area contributed by atoms with Crippen LogP contribution >= 0.6 is 0 Å². The minimum atomic E-state index is -3.63. The highest BCUT2D eigenvalue weighted by molar-refractivity contribution is 7.92. The number of benzene rings is 2. The van der Waals surface area contributed by atoms with Crippen molar-refractivity contribution in [2.24, 2.45) is 0 Å². The molecule has 2 rings (SSSR count). The molecule has 28 heavy (non-hydrogen) atoms. The van der Waals surface area contributed by atoms with Crippen LogP contribution in [0.15, 0.2) is 42.5 Å². The lowest BCUT2D eigenvalue weighted by molar-refractivity contribution is -0.122. The van der Waals surface area contributed by atoms with Gasteiger partial charge in [-0.15, -0.1) is 0 Å². The largest absolute Gasteiger partial charge is 0.347 e. The second-order valence-electron chi connectivity index (χ2n) is 7.38. The lowest BCUT2D eigenvalue weighted by Gasteiger charge is -2.30. The number of nitrogens with one attached hydrogen (secondary N) is 1. The number of rotatable bonds is 7. The highest BCUT2D eigenvalue weighted by atomic mass is 32.2. The van der Waals surface area contributed by atoms with Crippen molar-refractivity contribution in [3.05, 3.63) is 64.7 Å². The Kier molecular flexibility index (Phi) is 6.88. The van der Waals surface area contributed by atoms with E-state index in [1.807, 2.05) is 58.0 Å². The molecule has 0 aromatic heterocycles. The van der Waals surface area contributed by atoms with Crippen LogP contribution in [0.2, 0.25) is 0 Å². The van der Waals surface area contributed by atoms with Crippen molar-refractivity contribution < 1.29 is 13.2 Å². The Hall–Kier alpha value is -2.34. The molecule has 0 saturated heterocycles. The van der Waals surface area contributed by atoms with Crippen LogP contribution in [-0.4, -0.2) is 26.6 Å². The van der Waals surface area contributed by atoms with E-state index < -0.39 is 16.1 Å². The van der Waals surface area contributed by atoms with Crippen LogP contribution in [0.1, 0.15) is 48.6 Å². The topological polar surface area (TPSA) is 66.5 Å². The van der Waals surface area contributed by atoms with E-state index in [1.165, 1.54) is 4.31 Å². The van der Waals surface area contributed by atoms with Gasteiger partial charge in [-0.3, -0.25) is 9.10 Å². The molecule has 0 fully saturated rings. The minimum Gasteiger partial charge on any atom is -0.347 e. The summed E-state index contributed by atoms with van der Waals surface area (Å²) in [5.41, 5.74) is 4.70. The molecule has 0 spiro atoms. The lowest BCUT2D eigenvalue weighted by atomic mass is 10.0. The molecule has 0 heterocycles. The Morgan fingerprint density at radius 1 is 1.04 bits per heavy atom. The fourth-order valence-corrected chi connectivity index (χ4v) is 4.35. The van der Waals surface area contributed by atoms with Crippen molar-refractivity contribution in [3.63, 3.8) is 0 Å². The maximum absolute atomic E-state index is 12.9. The second-order valence-corrected chi connectivity index (χ2v) is 9.24. The van der Waals surface area contributed by atoms with Gasteiger partial charge in [-0.2, -0.15) is 0 Å². The van der Waals surface area contributed by atoms with Gasteiger partial charge in [-0.05, 0) is 62.9 Å². The molecule has 152 valence electrons. The summed E-state index contributed by atoms with van der Waals surface area (Å²) < 4.78 is 26.2. The summed E-state index contributed by atoms with van der Waals surface area (Å²) in [6.45, 7) is 9.52. The predicted octanol–water partition coefficient (Wildman–Crippen LogP) is 4.03. The van der Waals surface area contributed by atoms with Crippen LogP contribution in [0.25, 0.3) is 0 Å². The molecule has 2 aromatic carbocycles. The van der Waals surface area contributed by atoms with Crippen LogP contribution < -0.4 is 9.62 Å². The number of hydrogen-bond donors (Lipinski definition) is 1. The quantitative estimate of drug-likeness (QED) is 0.760. The van der Waals surface area contributed by atoms with E-state index >= 15 is 0 Å². The third-order valence-electron chi connectivity index (χ3n) is 5.04. The summed E-state index contributed by atoms with van der Waals surface area (Å²) in [5.74, 6) is -0.323. The highest BCUT2D eigenvalue weighted by Gasteiger charge is 2.30. The van der Waals surface area contributed by atoms with E-state index in [0.717, 1.165) is 28.5 Å². The first-order valence-electron chi connectivity index (χ1n) is 9.48. The van der Waals surface area contributed by atoms with Crippen LogP contribution in [0.5, 0.6) is 0 Å². The normalized spacial score (nSPS) is 13.6. The zero-order chi connectivity index (χ0) is 21.1. The van der Waals surface area contributed by atoms with Gasteiger partial charge in [0.15, 0.2) is 0 Å². The number of carbonyl (C=O) groups is 1. The number of nitrogens with zero attached hydrogens (tertiary/aromatic N) is 1. The summed E-state index contributed by atoms with van der Waals surface area (Å²) in [5, 5.41) is 3.01. The van der Waals surface area contributed by atoms with E-state index in [-0.39, 0.29) is 11.9 Å². The molecule has 1 amide bonds. The monoisotopic (exact) mass is 402 g/mol. The Balaban J connectivity index is 2.30. The SMILES string of the molecule is CC[C@H](NC(=O)[C@H](C)N(c1ccc(C)c(C)c1)S(C)(=O)=O)c1ccc(C)cc1. The summed E-state index contributed by atoms with van der Waals surface area (Å²) in [6, 6.07) is 12.4. The van der Waals surface area contributed by atoms with E-state index in [9.17, 15) is 13.2 Å². The van der Waals surface area contributed by atoms with Crippen LogP contribution in [0.3, 0.4) is 0 Å². The average molecular weight is 403 g/mol. The average Bonchev–Trinajstić information content (AvgIpc) is 2.62. The Morgan fingerprint density at radius 2 is 1.64 bits per heavy atom. The summed E-state index contributed by atoms with van der Waals surface area (Å²) >= 11 is 0. The van der Waals surface area contributed by atoms with Crippen molar-refractivity contribution in [2.75, 3.05) is 10.6 Å². The van der Waals surface area contributed by atoms with Crippen molar-refractivity contribution in [3.8, 4) is 0 Å². The molecule has 5 nitrogen and oxygen atoms in total. The van der Waals surface area contributed by atoms with Gasteiger partial charge in [0.2, 0.25) is 15.9 Å². The molecule has 6 heteroatoms. The van der Waals surface area contributed by atoms with E-state index in [1.54, 1.807) is 19.1 Å². The number of carbonyl (C=O) groups excluding carboxylic acids is 1.